The van der Waals surface area contributed by atoms with Crippen LogP contribution in [0.5, 0.6) is 0 Å². The normalized spacial score (nSPS) is 15.8. The first-order valence-corrected chi connectivity index (χ1v) is 10.3. The highest BCUT2D eigenvalue weighted by atomic mass is 35.5. The minimum atomic E-state index is -0.168. The average molecular weight is 411 g/mol. The molecule has 1 aliphatic heterocycles. The summed E-state index contributed by atoms with van der Waals surface area (Å²) in [5, 5.41) is 6.81. The van der Waals surface area contributed by atoms with Gasteiger partial charge < -0.3 is 9.74 Å². The van der Waals surface area contributed by atoms with E-state index in [0.29, 0.717) is 29.4 Å². The first-order chi connectivity index (χ1) is 13.7. The van der Waals surface area contributed by atoms with E-state index in [0.717, 1.165) is 16.8 Å². The molecule has 0 radical (unpaired) electrons. The van der Waals surface area contributed by atoms with E-state index in [4.69, 9.17) is 16.4 Å². The molecule has 1 aliphatic rings. The number of hydrogen-bond donors (Lipinski definition) is 0. The summed E-state index contributed by atoms with van der Waals surface area (Å²) in [7, 11) is 0. The molecule has 0 spiro atoms. The summed E-state index contributed by atoms with van der Waals surface area (Å²) in [5.74, 6) is -0.00765. The van der Waals surface area contributed by atoms with Gasteiger partial charge in [0, 0.05) is 18.0 Å². The number of rotatable bonds is 6. The number of carbonyl (C=O) groups is 1. The van der Waals surface area contributed by atoms with Crippen LogP contribution in [0.3, 0.4) is 0 Å². The Hall–Kier alpha value is -2.63. The molecule has 2 heterocycles. The number of amides is 1. The molecule has 6 heteroatoms. The van der Waals surface area contributed by atoms with Crippen LogP contribution in [0.2, 0.25) is 5.02 Å². The zero-order valence-electron chi connectivity index (χ0n) is 15.1. The van der Waals surface area contributed by atoms with Gasteiger partial charge in [-0.25, -0.2) is 0 Å². The van der Waals surface area contributed by atoms with Gasteiger partial charge in [-0.05, 0) is 34.7 Å². The summed E-state index contributed by atoms with van der Waals surface area (Å²) < 4.78 is 0. The highest BCUT2D eigenvalue weighted by molar-refractivity contribution is 7.12. The fourth-order valence-electron chi connectivity index (χ4n) is 3.20. The molecule has 0 aliphatic carbocycles. The van der Waals surface area contributed by atoms with Crippen molar-refractivity contribution < 1.29 is 9.63 Å². The van der Waals surface area contributed by atoms with Crippen molar-refractivity contribution in [3.63, 3.8) is 0 Å². The van der Waals surface area contributed by atoms with Crippen LogP contribution in [0.15, 0.2) is 77.3 Å². The lowest BCUT2D eigenvalue weighted by Gasteiger charge is -2.24. The second kappa shape index (κ2) is 8.59. The van der Waals surface area contributed by atoms with Crippen molar-refractivity contribution in [1.29, 1.82) is 0 Å². The molecule has 4 nitrogen and oxygen atoms in total. The maximum absolute atomic E-state index is 13.0. The van der Waals surface area contributed by atoms with Crippen LogP contribution in [0, 0.1) is 0 Å². The third kappa shape index (κ3) is 4.43. The lowest BCUT2D eigenvalue weighted by Crippen LogP contribution is -2.37. The van der Waals surface area contributed by atoms with Crippen LogP contribution in [0.25, 0.3) is 0 Å². The summed E-state index contributed by atoms with van der Waals surface area (Å²) in [6.45, 7) is 0.931. The van der Waals surface area contributed by atoms with E-state index in [1.807, 2.05) is 77.0 Å². The second-order valence-corrected chi connectivity index (χ2v) is 8.01. The van der Waals surface area contributed by atoms with E-state index >= 15 is 0 Å². The van der Waals surface area contributed by atoms with Crippen molar-refractivity contribution >= 4 is 34.6 Å². The van der Waals surface area contributed by atoms with E-state index in [1.54, 1.807) is 0 Å². The van der Waals surface area contributed by atoms with Crippen molar-refractivity contribution in [2.24, 2.45) is 5.16 Å². The van der Waals surface area contributed by atoms with E-state index < -0.39 is 0 Å². The van der Waals surface area contributed by atoms with Gasteiger partial charge in [0.1, 0.15) is 0 Å². The smallest absolute Gasteiger partial charge is 0.264 e. The molecule has 0 N–H and O–H groups in total. The van der Waals surface area contributed by atoms with E-state index in [2.05, 4.69) is 5.16 Å². The Balaban J connectivity index is 1.49. The molecule has 1 unspecified atom stereocenters. The van der Waals surface area contributed by atoms with Crippen LogP contribution in [0.1, 0.15) is 27.2 Å². The summed E-state index contributed by atoms with van der Waals surface area (Å²) in [6.07, 6.45) is 0.506. The van der Waals surface area contributed by atoms with Gasteiger partial charge in [-0.15, -0.1) is 11.3 Å². The quantitative estimate of drug-likeness (QED) is 0.557. The third-order valence-corrected chi connectivity index (χ3v) is 5.64. The predicted octanol–water partition coefficient (Wildman–Crippen LogP) is 5.24. The van der Waals surface area contributed by atoms with E-state index in [9.17, 15) is 4.79 Å². The van der Waals surface area contributed by atoms with Crippen molar-refractivity contribution in [3.8, 4) is 0 Å². The monoisotopic (exact) mass is 410 g/mol. The highest BCUT2D eigenvalue weighted by Gasteiger charge is 2.27. The molecule has 0 saturated carbocycles. The maximum Gasteiger partial charge on any atom is 0.264 e. The Morgan fingerprint density at radius 2 is 2.00 bits per heavy atom. The number of thiophene rings is 1. The van der Waals surface area contributed by atoms with Gasteiger partial charge in [0.15, 0.2) is 6.10 Å². The second-order valence-electron chi connectivity index (χ2n) is 6.63. The van der Waals surface area contributed by atoms with Crippen LogP contribution >= 0.6 is 22.9 Å². The Kier molecular flexibility index (Phi) is 5.74. The van der Waals surface area contributed by atoms with Gasteiger partial charge in [0.25, 0.3) is 5.91 Å². The molecule has 2 aromatic carbocycles. The Labute approximate surface area is 173 Å². The molecule has 0 fully saturated rings. The first kappa shape index (κ1) is 18.7. The Morgan fingerprint density at radius 3 is 2.75 bits per heavy atom. The standard InChI is InChI=1S/C22H19ClN2O2S/c23-18-9-4-6-16(12-18)14-25(22(26)21-10-5-11-28-21)15-19-13-20(24-27-19)17-7-2-1-3-8-17/h1-12,19H,13-15H2. The SMILES string of the molecule is O=C(c1cccs1)N(Cc1cccc(Cl)c1)CC1CC(c2ccccc2)=NO1. The van der Waals surface area contributed by atoms with Gasteiger partial charge in [-0.1, -0.05) is 65.3 Å². The molecular formula is C22H19ClN2O2S. The number of halogens is 1. The van der Waals surface area contributed by atoms with Crippen molar-refractivity contribution in [2.45, 2.75) is 19.1 Å². The highest BCUT2D eigenvalue weighted by Crippen LogP contribution is 2.21. The molecular weight excluding hydrogens is 392 g/mol. The van der Waals surface area contributed by atoms with Gasteiger partial charge in [-0.2, -0.15) is 0 Å². The molecule has 142 valence electrons. The number of hydrogen-bond acceptors (Lipinski definition) is 4. The molecule has 0 bridgehead atoms. The molecule has 1 aromatic heterocycles. The molecule has 1 atom stereocenters. The average Bonchev–Trinajstić information content (AvgIpc) is 3.40. The number of nitrogens with zero attached hydrogens (tertiary/aromatic N) is 2. The maximum atomic E-state index is 13.0. The Bertz CT molecular complexity index is 973. The molecule has 3 aromatic rings. The van der Waals surface area contributed by atoms with Gasteiger partial charge in [0.05, 0.1) is 17.1 Å². The summed E-state index contributed by atoms with van der Waals surface area (Å²) in [5.41, 5.74) is 2.95. The van der Waals surface area contributed by atoms with Crippen LogP contribution < -0.4 is 0 Å². The van der Waals surface area contributed by atoms with Crippen molar-refractivity contribution in [3.05, 3.63) is 93.1 Å². The zero-order valence-corrected chi connectivity index (χ0v) is 16.7. The largest absolute Gasteiger partial charge is 0.390 e. The minimum absolute atomic E-state index is 0.00765. The number of benzene rings is 2. The molecule has 0 saturated heterocycles. The van der Waals surface area contributed by atoms with Gasteiger partial charge in [-0.3, -0.25) is 4.79 Å². The topological polar surface area (TPSA) is 41.9 Å². The molecule has 28 heavy (non-hydrogen) atoms. The summed E-state index contributed by atoms with van der Waals surface area (Å²) in [6, 6.07) is 21.3. The van der Waals surface area contributed by atoms with Crippen LogP contribution in [0.4, 0.5) is 0 Å². The van der Waals surface area contributed by atoms with Crippen LogP contribution in [-0.2, 0) is 11.4 Å². The lowest BCUT2D eigenvalue weighted by atomic mass is 10.0. The summed E-state index contributed by atoms with van der Waals surface area (Å²) >= 11 is 7.56. The zero-order chi connectivity index (χ0) is 19.3. The third-order valence-electron chi connectivity index (χ3n) is 4.55. The first-order valence-electron chi connectivity index (χ1n) is 9.04. The lowest BCUT2D eigenvalue weighted by molar-refractivity contribution is 0.0408. The Morgan fingerprint density at radius 1 is 1.14 bits per heavy atom. The fourth-order valence-corrected chi connectivity index (χ4v) is 4.11. The number of oxime groups is 1. The van der Waals surface area contributed by atoms with Crippen molar-refractivity contribution in [1.82, 2.24) is 4.90 Å². The van der Waals surface area contributed by atoms with Crippen molar-refractivity contribution in [2.75, 3.05) is 6.54 Å². The fraction of sp³-hybridized carbons (Fsp3) is 0.182. The van der Waals surface area contributed by atoms with E-state index in [-0.39, 0.29) is 12.0 Å². The minimum Gasteiger partial charge on any atom is -0.390 e. The molecule has 4 rings (SSSR count). The van der Waals surface area contributed by atoms with Crippen LogP contribution in [-0.4, -0.2) is 29.2 Å². The van der Waals surface area contributed by atoms with Gasteiger partial charge >= 0.3 is 0 Å². The molecule has 1 amide bonds. The number of carbonyl (C=O) groups excluding carboxylic acids is 1. The summed E-state index contributed by atoms with van der Waals surface area (Å²) in [4.78, 5) is 21.2. The van der Waals surface area contributed by atoms with E-state index in [1.165, 1.54) is 11.3 Å². The van der Waals surface area contributed by atoms with Gasteiger partial charge in [0.2, 0.25) is 0 Å². The predicted molar refractivity (Wildman–Crippen MR) is 113 cm³/mol.